The summed E-state index contributed by atoms with van der Waals surface area (Å²) in [4.78, 5) is 0. The lowest BCUT2D eigenvalue weighted by Crippen LogP contribution is -2.26. The Bertz CT molecular complexity index is 174. The molecular weight excluding hydrogens is 172 g/mol. The van der Waals surface area contributed by atoms with Gasteiger partial charge in [0.05, 0.1) is 6.10 Å². The van der Waals surface area contributed by atoms with E-state index < -0.39 is 0 Å². The minimum absolute atomic E-state index is 0.0249. The van der Waals surface area contributed by atoms with E-state index in [2.05, 4.69) is 6.92 Å². The Morgan fingerprint density at radius 2 is 1.93 bits per heavy atom. The molecule has 14 heavy (non-hydrogen) atoms. The van der Waals surface area contributed by atoms with Crippen LogP contribution in [0.3, 0.4) is 0 Å². The number of aliphatic hydroxyl groups is 1. The van der Waals surface area contributed by atoms with E-state index in [-0.39, 0.29) is 6.10 Å². The zero-order valence-corrected chi connectivity index (χ0v) is 9.41. The number of hydrogen-bond donors (Lipinski definition) is 1. The fraction of sp³-hybridized carbons (Fsp3) is 1.00. The van der Waals surface area contributed by atoms with E-state index in [0.717, 1.165) is 18.3 Å². The molecule has 2 fully saturated rings. The van der Waals surface area contributed by atoms with E-state index in [1.807, 2.05) is 0 Å². The minimum atomic E-state index is 0.0249. The third-order valence-electron chi connectivity index (χ3n) is 4.22. The third kappa shape index (κ3) is 2.73. The Balaban J connectivity index is 1.76. The number of aliphatic hydroxyl groups excluding tert-OH is 1. The number of hydrogen-bond acceptors (Lipinski definition) is 1. The highest BCUT2D eigenvalue weighted by molar-refractivity contribution is 4.83. The maximum Gasteiger partial charge on any atom is 0.0571 e. The van der Waals surface area contributed by atoms with Crippen molar-refractivity contribution in [2.75, 3.05) is 0 Å². The van der Waals surface area contributed by atoms with Crippen LogP contribution in [-0.2, 0) is 0 Å². The minimum Gasteiger partial charge on any atom is -0.393 e. The summed E-state index contributed by atoms with van der Waals surface area (Å²) < 4.78 is 0. The second-order valence-electron chi connectivity index (χ2n) is 5.45. The average Bonchev–Trinajstić information content (AvgIpc) is 3.02. The molecule has 0 amide bonds. The molecule has 0 aromatic carbocycles. The Labute approximate surface area is 87.9 Å². The van der Waals surface area contributed by atoms with Gasteiger partial charge in [-0.05, 0) is 37.0 Å². The van der Waals surface area contributed by atoms with Crippen molar-refractivity contribution in [1.82, 2.24) is 0 Å². The molecule has 0 radical (unpaired) electrons. The fourth-order valence-corrected chi connectivity index (χ4v) is 2.94. The summed E-state index contributed by atoms with van der Waals surface area (Å²) in [6.07, 6.45) is 10.5. The Morgan fingerprint density at radius 3 is 2.57 bits per heavy atom. The highest BCUT2D eigenvalue weighted by atomic mass is 16.3. The molecule has 2 rings (SSSR count). The molecule has 3 atom stereocenters. The van der Waals surface area contributed by atoms with Gasteiger partial charge < -0.3 is 5.11 Å². The smallest absolute Gasteiger partial charge is 0.0571 e. The maximum absolute atomic E-state index is 10.1. The van der Waals surface area contributed by atoms with Gasteiger partial charge in [0.15, 0.2) is 0 Å². The van der Waals surface area contributed by atoms with Crippen molar-refractivity contribution < 1.29 is 5.11 Å². The van der Waals surface area contributed by atoms with Gasteiger partial charge in [-0.1, -0.05) is 39.0 Å². The molecule has 2 saturated carbocycles. The van der Waals surface area contributed by atoms with Crippen LogP contribution in [0.1, 0.15) is 58.3 Å². The summed E-state index contributed by atoms with van der Waals surface area (Å²) >= 11 is 0. The van der Waals surface area contributed by atoms with Crippen molar-refractivity contribution in [3.8, 4) is 0 Å². The molecule has 0 aromatic heterocycles. The predicted octanol–water partition coefficient (Wildman–Crippen LogP) is 3.36. The molecule has 3 unspecified atom stereocenters. The van der Waals surface area contributed by atoms with Gasteiger partial charge in [0.25, 0.3) is 0 Å². The highest BCUT2D eigenvalue weighted by Crippen LogP contribution is 2.39. The molecule has 0 bridgehead atoms. The van der Waals surface area contributed by atoms with Crippen LogP contribution >= 0.6 is 0 Å². The molecule has 0 aliphatic heterocycles. The Kier molecular flexibility index (Phi) is 3.48. The topological polar surface area (TPSA) is 20.2 Å². The van der Waals surface area contributed by atoms with Crippen molar-refractivity contribution in [1.29, 1.82) is 0 Å². The van der Waals surface area contributed by atoms with Crippen molar-refractivity contribution in [3.05, 3.63) is 0 Å². The van der Waals surface area contributed by atoms with E-state index in [4.69, 9.17) is 0 Å². The standard InChI is InChI=1S/C13H24O/c1-2-10-4-3-5-12(8-10)13(14)9-11-6-7-11/h10-14H,2-9H2,1H3. The summed E-state index contributed by atoms with van der Waals surface area (Å²) in [6, 6.07) is 0. The normalized spacial score (nSPS) is 35.6. The third-order valence-corrected chi connectivity index (χ3v) is 4.22. The molecule has 2 aliphatic rings. The lowest BCUT2D eigenvalue weighted by Gasteiger charge is -2.31. The molecule has 0 aromatic rings. The van der Waals surface area contributed by atoms with E-state index in [1.165, 1.54) is 44.9 Å². The van der Waals surface area contributed by atoms with Gasteiger partial charge in [-0.2, -0.15) is 0 Å². The van der Waals surface area contributed by atoms with Crippen LogP contribution in [0.25, 0.3) is 0 Å². The molecule has 1 heteroatoms. The second-order valence-corrected chi connectivity index (χ2v) is 5.45. The lowest BCUT2D eigenvalue weighted by atomic mass is 9.77. The van der Waals surface area contributed by atoms with Gasteiger partial charge in [-0.3, -0.25) is 0 Å². The van der Waals surface area contributed by atoms with Crippen molar-refractivity contribution >= 4 is 0 Å². The molecule has 1 nitrogen and oxygen atoms in total. The first-order valence-electron chi connectivity index (χ1n) is 6.47. The first-order chi connectivity index (χ1) is 6.79. The molecule has 1 N–H and O–H groups in total. The summed E-state index contributed by atoms with van der Waals surface area (Å²) in [7, 11) is 0. The van der Waals surface area contributed by atoms with Crippen molar-refractivity contribution in [2.45, 2.75) is 64.4 Å². The number of rotatable bonds is 4. The first kappa shape index (κ1) is 10.5. The fourth-order valence-electron chi connectivity index (χ4n) is 2.94. The predicted molar refractivity (Wildman–Crippen MR) is 59.1 cm³/mol. The molecule has 2 aliphatic carbocycles. The van der Waals surface area contributed by atoms with Gasteiger partial charge in [-0.15, -0.1) is 0 Å². The van der Waals surface area contributed by atoms with Crippen LogP contribution < -0.4 is 0 Å². The lowest BCUT2D eigenvalue weighted by molar-refractivity contribution is 0.0573. The summed E-state index contributed by atoms with van der Waals surface area (Å²) in [5.41, 5.74) is 0. The highest BCUT2D eigenvalue weighted by Gasteiger charge is 2.31. The summed E-state index contributed by atoms with van der Waals surface area (Å²) in [6.45, 7) is 2.29. The molecule has 82 valence electrons. The van der Waals surface area contributed by atoms with E-state index in [1.54, 1.807) is 0 Å². The largest absolute Gasteiger partial charge is 0.393 e. The van der Waals surface area contributed by atoms with Gasteiger partial charge in [0.1, 0.15) is 0 Å². The maximum atomic E-state index is 10.1. The van der Waals surface area contributed by atoms with Gasteiger partial charge in [0, 0.05) is 0 Å². The monoisotopic (exact) mass is 196 g/mol. The van der Waals surface area contributed by atoms with E-state index >= 15 is 0 Å². The van der Waals surface area contributed by atoms with Crippen LogP contribution in [0.2, 0.25) is 0 Å². The van der Waals surface area contributed by atoms with Crippen LogP contribution in [0.15, 0.2) is 0 Å². The molecule has 0 heterocycles. The first-order valence-corrected chi connectivity index (χ1v) is 6.47. The van der Waals surface area contributed by atoms with Crippen LogP contribution in [0.5, 0.6) is 0 Å². The summed E-state index contributed by atoms with van der Waals surface area (Å²) in [5, 5.41) is 10.1. The Hall–Kier alpha value is -0.0400. The molecular formula is C13H24O. The molecule has 0 saturated heterocycles. The zero-order chi connectivity index (χ0) is 9.97. The van der Waals surface area contributed by atoms with Crippen LogP contribution in [0.4, 0.5) is 0 Å². The summed E-state index contributed by atoms with van der Waals surface area (Å²) in [5.74, 6) is 2.42. The van der Waals surface area contributed by atoms with E-state index in [9.17, 15) is 5.11 Å². The van der Waals surface area contributed by atoms with Crippen molar-refractivity contribution in [3.63, 3.8) is 0 Å². The molecule has 0 spiro atoms. The second kappa shape index (κ2) is 4.65. The average molecular weight is 196 g/mol. The van der Waals surface area contributed by atoms with Crippen LogP contribution in [0, 0.1) is 17.8 Å². The van der Waals surface area contributed by atoms with Gasteiger partial charge in [0.2, 0.25) is 0 Å². The quantitative estimate of drug-likeness (QED) is 0.731. The SMILES string of the molecule is CCC1CCCC(C(O)CC2CC2)C1. The van der Waals surface area contributed by atoms with Crippen molar-refractivity contribution in [2.24, 2.45) is 17.8 Å². The van der Waals surface area contributed by atoms with Crippen LogP contribution in [-0.4, -0.2) is 11.2 Å². The zero-order valence-electron chi connectivity index (χ0n) is 9.41. The van der Waals surface area contributed by atoms with Gasteiger partial charge in [-0.25, -0.2) is 0 Å². The van der Waals surface area contributed by atoms with E-state index in [0.29, 0.717) is 5.92 Å². The Morgan fingerprint density at radius 1 is 1.14 bits per heavy atom. The van der Waals surface area contributed by atoms with Gasteiger partial charge >= 0.3 is 0 Å².